The molecule has 1 heterocycles. The van der Waals surface area contributed by atoms with Gasteiger partial charge in [-0.1, -0.05) is 6.42 Å². The van der Waals surface area contributed by atoms with Crippen molar-refractivity contribution in [2.24, 2.45) is 5.92 Å². The maximum absolute atomic E-state index is 12.5. The highest BCUT2D eigenvalue weighted by Crippen LogP contribution is 2.27. The van der Waals surface area contributed by atoms with Gasteiger partial charge in [0.2, 0.25) is 10.0 Å². The summed E-state index contributed by atoms with van der Waals surface area (Å²) in [5.41, 5.74) is -0.746. The van der Waals surface area contributed by atoms with Gasteiger partial charge in [-0.3, -0.25) is 4.79 Å². The Hall–Kier alpha value is -0.410. The molecular weight excluding hydrogens is 342 g/mol. The molecule has 136 valence electrons. The van der Waals surface area contributed by atoms with Crippen LogP contribution in [0.3, 0.4) is 0 Å². The minimum Gasteiger partial charge on any atom is -0.368 e. The van der Waals surface area contributed by atoms with Gasteiger partial charge in [0.05, 0.1) is 6.26 Å². The molecule has 3 N–H and O–H groups in total. The summed E-state index contributed by atoms with van der Waals surface area (Å²) < 4.78 is 31.0. The fourth-order valence-corrected chi connectivity index (χ4v) is 4.31. The van der Waals surface area contributed by atoms with Crippen LogP contribution in [0.2, 0.25) is 0 Å². The van der Waals surface area contributed by atoms with E-state index < -0.39 is 15.6 Å². The second-order valence-electron chi connectivity index (χ2n) is 6.35. The molecule has 0 aromatic carbocycles. The number of hydrogen-bond acceptors (Lipinski definition) is 5. The Labute approximate surface area is 144 Å². The van der Waals surface area contributed by atoms with E-state index >= 15 is 0 Å². The molecule has 2 aliphatic rings. The number of amides is 1. The maximum atomic E-state index is 12.5. The van der Waals surface area contributed by atoms with Gasteiger partial charge in [-0.15, -0.1) is 12.4 Å². The normalized spacial score (nSPS) is 27.2. The molecule has 0 aromatic heterocycles. The number of carbonyl (C=O) groups excluding carboxylic acids is 1. The molecule has 1 aliphatic carbocycles. The van der Waals surface area contributed by atoms with Crippen molar-refractivity contribution >= 4 is 28.3 Å². The number of nitrogens with one attached hydrogen (secondary N) is 3. The van der Waals surface area contributed by atoms with E-state index in [1.54, 1.807) is 7.11 Å². The number of methoxy groups -OCH3 is 1. The van der Waals surface area contributed by atoms with Crippen LogP contribution in [0.4, 0.5) is 0 Å². The third kappa shape index (κ3) is 5.56. The highest BCUT2D eigenvalue weighted by molar-refractivity contribution is 7.88. The Balaban J connectivity index is 0.00000264. The van der Waals surface area contributed by atoms with E-state index in [0.717, 1.165) is 32.4 Å². The second kappa shape index (κ2) is 8.62. The van der Waals surface area contributed by atoms with Gasteiger partial charge in [0.1, 0.15) is 5.60 Å². The summed E-state index contributed by atoms with van der Waals surface area (Å²) in [6.45, 7) is 2.02. The zero-order valence-corrected chi connectivity index (χ0v) is 15.4. The van der Waals surface area contributed by atoms with Gasteiger partial charge >= 0.3 is 0 Å². The molecule has 2 fully saturated rings. The van der Waals surface area contributed by atoms with E-state index in [0.29, 0.717) is 19.4 Å². The number of sulfonamides is 1. The first kappa shape index (κ1) is 20.6. The molecule has 0 radical (unpaired) electrons. The highest BCUT2D eigenvalue weighted by atomic mass is 35.5. The Morgan fingerprint density at radius 2 is 1.96 bits per heavy atom. The first-order valence-electron chi connectivity index (χ1n) is 7.88. The molecule has 1 aliphatic heterocycles. The summed E-state index contributed by atoms with van der Waals surface area (Å²) in [7, 11) is -1.63. The summed E-state index contributed by atoms with van der Waals surface area (Å²) >= 11 is 0. The van der Waals surface area contributed by atoms with E-state index in [2.05, 4.69) is 15.4 Å². The van der Waals surface area contributed by atoms with Crippen LogP contribution in [0, 0.1) is 5.92 Å². The van der Waals surface area contributed by atoms with E-state index in [4.69, 9.17) is 4.74 Å². The van der Waals surface area contributed by atoms with Gasteiger partial charge in [-0.25, -0.2) is 13.1 Å². The Morgan fingerprint density at radius 1 is 1.30 bits per heavy atom. The van der Waals surface area contributed by atoms with Crippen molar-refractivity contribution in [2.75, 3.05) is 33.0 Å². The molecule has 2 atom stereocenters. The zero-order chi connectivity index (χ0) is 16.2. The average Bonchev–Trinajstić information content (AvgIpc) is 2.90. The highest BCUT2D eigenvalue weighted by Gasteiger charge is 2.40. The molecule has 23 heavy (non-hydrogen) atoms. The van der Waals surface area contributed by atoms with Crippen molar-refractivity contribution < 1.29 is 17.9 Å². The molecular formula is C14H28ClN3O4S. The number of carbonyl (C=O) groups is 1. The summed E-state index contributed by atoms with van der Waals surface area (Å²) in [4.78, 5) is 12.5. The minimum atomic E-state index is -3.21. The quantitative estimate of drug-likeness (QED) is 0.613. The van der Waals surface area contributed by atoms with Gasteiger partial charge in [-0.2, -0.15) is 0 Å². The minimum absolute atomic E-state index is 0. The smallest absolute Gasteiger partial charge is 0.252 e. The first-order chi connectivity index (χ1) is 10.4. The lowest BCUT2D eigenvalue weighted by Gasteiger charge is -2.35. The van der Waals surface area contributed by atoms with Crippen LogP contribution in [-0.2, 0) is 19.6 Å². The molecule has 7 nitrogen and oxygen atoms in total. The molecule has 0 aromatic rings. The van der Waals surface area contributed by atoms with Crippen LogP contribution in [-0.4, -0.2) is 59.0 Å². The molecule has 2 rings (SSSR count). The van der Waals surface area contributed by atoms with E-state index in [9.17, 15) is 13.2 Å². The average molecular weight is 370 g/mol. The summed E-state index contributed by atoms with van der Waals surface area (Å²) in [6, 6.07) is -0.0817. The fourth-order valence-electron chi connectivity index (χ4n) is 3.45. The molecule has 1 saturated carbocycles. The molecule has 1 amide bonds. The van der Waals surface area contributed by atoms with Crippen molar-refractivity contribution in [3.8, 4) is 0 Å². The Morgan fingerprint density at radius 3 is 2.52 bits per heavy atom. The van der Waals surface area contributed by atoms with E-state index in [1.165, 1.54) is 6.26 Å². The number of rotatable bonds is 6. The molecule has 0 bridgehead atoms. The number of halogens is 1. The van der Waals surface area contributed by atoms with Gasteiger partial charge < -0.3 is 15.4 Å². The topological polar surface area (TPSA) is 96.5 Å². The lowest BCUT2D eigenvalue weighted by Crippen LogP contribution is -2.55. The Kier molecular flexibility index (Phi) is 7.73. The Bertz CT molecular complexity index is 494. The van der Waals surface area contributed by atoms with Crippen LogP contribution in [0.25, 0.3) is 0 Å². The standard InChI is InChI=1S/C14H27N3O4S.ClH/c1-21-14(6-8-15-9-7-14)13(18)16-10-11-4-3-5-12(11)17-22(2,19)20;/h11-12,15,17H,3-10H2,1-2H3,(H,16,18);1H. The van der Waals surface area contributed by atoms with Gasteiger partial charge in [0, 0.05) is 19.7 Å². The van der Waals surface area contributed by atoms with Crippen molar-refractivity contribution in [1.82, 2.24) is 15.4 Å². The number of piperidine rings is 1. The molecule has 9 heteroatoms. The third-order valence-electron chi connectivity index (χ3n) is 4.77. The summed E-state index contributed by atoms with van der Waals surface area (Å²) in [5.74, 6) is 0.0656. The van der Waals surface area contributed by atoms with Crippen LogP contribution in [0.1, 0.15) is 32.1 Å². The van der Waals surface area contributed by atoms with Crippen molar-refractivity contribution in [2.45, 2.75) is 43.7 Å². The zero-order valence-electron chi connectivity index (χ0n) is 13.8. The number of hydrogen-bond donors (Lipinski definition) is 3. The molecule has 2 unspecified atom stereocenters. The van der Waals surface area contributed by atoms with Gasteiger partial charge in [0.25, 0.3) is 5.91 Å². The SMILES string of the molecule is COC1(C(=O)NCC2CCCC2NS(C)(=O)=O)CCNCC1.Cl. The lowest BCUT2D eigenvalue weighted by molar-refractivity contribution is -0.146. The predicted octanol–water partition coefficient (Wildman–Crippen LogP) is 0.0109. The van der Waals surface area contributed by atoms with E-state index in [-0.39, 0.29) is 30.3 Å². The van der Waals surface area contributed by atoms with Crippen molar-refractivity contribution in [1.29, 1.82) is 0 Å². The molecule has 1 saturated heterocycles. The van der Waals surface area contributed by atoms with Crippen LogP contribution < -0.4 is 15.4 Å². The monoisotopic (exact) mass is 369 g/mol. The first-order valence-corrected chi connectivity index (χ1v) is 9.77. The van der Waals surface area contributed by atoms with Crippen molar-refractivity contribution in [3.05, 3.63) is 0 Å². The maximum Gasteiger partial charge on any atom is 0.252 e. The van der Waals surface area contributed by atoms with Crippen LogP contribution in [0.5, 0.6) is 0 Å². The van der Waals surface area contributed by atoms with Gasteiger partial charge in [0.15, 0.2) is 0 Å². The van der Waals surface area contributed by atoms with E-state index in [1.807, 2.05) is 0 Å². The van der Waals surface area contributed by atoms with Gasteiger partial charge in [-0.05, 0) is 44.7 Å². The predicted molar refractivity (Wildman–Crippen MR) is 91.2 cm³/mol. The van der Waals surface area contributed by atoms with Crippen molar-refractivity contribution in [3.63, 3.8) is 0 Å². The van der Waals surface area contributed by atoms with Crippen LogP contribution >= 0.6 is 12.4 Å². The number of ether oxygens (including phenoxy) is 1. The lowest BCUT2D eigenvalue weighted by atomic mass is 9.90. The summed E-state index contributed by atoms with van der Waals surface area (Å²) in [6.07, 6.45) is 5.22. The fraction of sp³-hybridized carbons (Fsp3) is 0.929. The summed E-state index contributed by atoms with van der Waals surface area (Å²) in [5, 5.41) is 6.20. The third-order valence-corrected chi connectivity index (χ3v) is 5.50. The second-order valence-corrected chi connectivity index (χ2v) is 8.13. The molecule has 0 spiro atoms. The van der Waals surface area contributed by atoms with Crippen LogP contribution in [0.15, 0.2) is 0 Å². The largest absolute Gasteiger partial charge is 0.368 e.